The van der Waals surface area contributed by atoms with E-state index in [0.29, 0.717) is 5.69 Å². The van der Waals surface area contributed by atoms with Crippen LogP contribution in [0.3, 0.4) is 0 Å². The minimum atomic E-state index is -4.54. The molecule has 0 aliphatic carbocycles. The summed E-state index contributed by atoms with van der Waals surface area (Å²) in [5.41, 5.74) is -0.251. The van der Waals surface area contributed by atoms with Crippen LogP contribution in [0.2, 0.25) is 0 Å². The van der Waals surface area contributed by atoms with E-state index in [1.54, 1.807) is 6.92 Å². The molecular weight excluding hydrogens is 418 g/mol. The van der Waals surface area contributed by atoms with Gasteiger partial charge in [-0.05, 0) is 50.2 Å². The van der Waals surface area contributed by atoms with Gasteiger partial charge in [0.05, 0.1) is 11.6 Å². The number of pyridine rings is 1. The average Bonchev–Trinajstić information content (AvgIpc) is 2.64. The summed E-state index contributed by atoms with van der Waals surface area (Å²) >= 11 is 0. The molecule has 1 unspecified atom stereocenters. The van der Waals surface area contributed by atoms with Crippen LogP contribution in [-0.2, 0) is 11.0 Å². The molecule has 1 aromatic carbocycles. The summed E-state index contributed by atoms with van der Waals surface area (Å²) in [5.74, 6) is -0.726. The van der Waals surface area contributed by atoms with Gasteiger partial charge in [-0.15, -0.1) is 0 Å². The van der Waals surface area contributed by atoms with E-state index in [2.05, 4.69) is 10.3 Å². The van der Waals surface area contributed by atoms with Crippen molar-refractivity contribution in [3.63, 3.8) is 0 Å². The summed E-state index contributed by atoms with van der Waals surface area (Å²) in [6.07, 6.45) is -9.03. The summed E-state index contributed by atoms with van der Waals surface area (Å²) < 4.78 is 84.8. The summed E-state index contributed by atoms with van der Waals surface area (Å²) in [7, 11) is 0. The van der Waals surface area contributed by atoms with Gasteiger partial charge in [-0.2, -0.15) is 26.3 Å². The predicted octanol–water partition coefficient (Wildman–Crippen LogP) is 4.61. The number of hydrogen-bond acceptors (Lipinski definition) is 4. The number of carbonyl (C=O) groups excluding carboxylic acids is 1. The molecule has 30 heavy (non-hydrogen) atoms. The van der Waals surface area contributed by atoms with E-state index in [1.165, 1.54) is 19.1 Å². The number of aromatic nitrogens is 1. The second kappa shape index (κ2) is 9.23. The summed E-state index contributed by atoms with van der Waals surface area (Å²) in [6.45, 7) is 1.10. The van der Waals surface area contributed by atoms with E-state index >= 15 is 0 Å². The zero-order valence-electron chi connectivity index (χ0n) is 15.9. The molecule has 0 saturated carbocycles. The molecule has 0 fully saturated rings. The van der Waals surface area contributed by atoms with Gasteiger partial charge >= 0.3 is 12.4 Å². The van der Waals surface area contributed by atoms with Gasteiger partial charge in [0.2, 0.25) is 0 Å². The molecule has 1 amide bonds. The molecule has 1 N–H and O–H groups in total. The van der Waals surface area contributed by atoms with E-state index < -0.39 is 43.1 Å². The van der Waals surface area contributed by atoms with Crippen molar-refractivity contribution in [3.8, 4) is 11.5 Å². The van der Waals surface area contributed by atoms with Crippen LogP contribution in [0.15, 0.2) is 36.4 Å². The third kappa shape index (κ3) is 7.12. The van der Waals surface area contributed by atoms with Crippen LogP contribution in [0.5, 0.6) is 11.5 Å². The Balaban J connectivity index is 1.97. The number of nitrogens with one attached hydrogen (secondary N) is 1. The molecule has 0 bridgehead atoms. The molecule has 0 spiro atoms. The molecule has 2 aromatic rings. The topological polar surface area (TPSA) is 60.5 Å². The van der Waals surface area contributed by atoms with E-state index in [9.17, 15) is 31.1 Å². The van der Waals surface area contributed by atoms with Crippen molar-refractivity contribution >= 4 is 5.91 Å². The number of hydrogen-bond donors (Lipinski definition) is 1. The molecule has 164 valence electrons. The number of alkyl halides is 6. The predicted molar refractivity (Wildman–Crippen MR) is 94.0 cm³/mol. The fraction of sp³-hybridized carbons (Fsp3) is 0.368. The number of aryl methyl sites for hydroxylation is 1. The highest BCUT2D eigenvalue weighted by Gasteiger charge is 2.30. The molecule has 1 aromatic heterocycles. The minimum absolute atomic E-state index is 0.0497. The standard InChI is InChI=1S/C19H18F6N2O3/c1-11-3-8-15(30-10-18(20,21)22)17(26-11)12(2)27-16(28)9-29-14-6-4-13(5-7-14)19(23,24)25/h3-8,12H,9-10H2,1-2H3,(H,27,28). The first-order valence-corrected chi connectivity index (χ1v) is 8.61. The Bertz CT molecular complexity index is 866. The first kappa shape index (κ1) is 23.3. The van der Waals surface area contributed by atoms with E-state index in [-0.39, 0.29) is 17.2 Å². The summed E-state index contributed by atoms with van der Waals surface area (Å²) in [5, 5.41) is 2.50. The fourth-order valence-corrected chi connectivity index (χ4v) is 2.40. The van der Waals surface area contributed by atoms with Crippen LogP contribution in [-0.4, -0.2) is 30.3 Å². The average molecular weight is 436 g/mol. The largest absolute Gasteiger partial charge is 0.484 e. The van der Waals surface area contributed by atoms with Crippen LogP contribution in [0.25, 0.3) is 0 Å². The van der Waals surface area contributed by atoms with Crippen molar-refractivity contribution in [1.82, 2.24) is 10.3 Å². The second-order valence-electron chi connectivity index (χ2n) is 6.34. The molecule has 0 saturated heterocycles. The first-order valence-electron chi connectivity index (χ1n) is 8.61. The monoisotopic (exact) mass is 436 g/mol. The zero-order valence-corrected chi connectivity index (χ0v) is 15.9. The van der Waals surface area contributed by atoms with Gasteiger partial charge < -0.3 is 14.8 Å². The smallest absolute Gasteiger partial charge is 0.422 e. The van der Waals surface area contributed by atoms with Crippen LogP contribution in [0.1, 0.15) is 29.9 Å². The molecule has 1 atom stereocenters. The van der Waals surface area contributed by atoms with Crippen LogP contribution in [0, 0.1) is 6.92 Å². The van der Waals surface area contributed by atoms with Gasteiger partial charge in [-0.3, -0.25) is 9.78 Å². The number of ether oxygens (including phenoxy) is 2. The normalized spacial score (nSPS) is 12.9. The quantitative estimate of drug-likeness (QED) is 0.645. The number of rotatable bonds is 7. The highest BCUT2D eigenvalue weighted by atomic mass is 19.4. The molecule has 0 aliphatic heterocycles. The SMILES string of the molecule is Cc1ccc(OCC(F)(F)F)c(C(C)NC(=O)COc2ccc(C(F)(F)F)cc2)n1. The van der Waals surface area contributed by atoms with Gasteiger partial charge in [-0.1, -0.05) is 0 Å². The maximum Gasteiger partial charge on any atom is 0.422 e. The molecule has 5 nitrogen and oxygen atoms in total. The Morgan fingerprint density at radius 1 is 1.03 bits per heavy atom. The Labute approximate surface area is 168 Å². The molecule has 0 aliphatic rings. The Morgan fingerprint density at radius 3 is 2.23 bits per heavy atom. The van der Waals surface area contributed by atoms with E-state index in [1.807, 2.05) is 0 Å². The molecule has 11 heteroatoms. The van der Waals surface area contributed by atoms with E-state index in [0.717, 1.165) is 24.3 Å². The van der Waals surface area contributed by atoms with Crippen molar-refractivity contribution in [2.24, 2.45) is 0 Å². The molecule has 0 radical (unpaired) electrons. The maximum atomic E-state index is 12.5. The van der Waals surface area contributed by atoms with Gasteiger partial charge in [-0.25, -0.2) is 0 Å². The minimum Gasteiger partial charge on any atom is -0.484 e. The maximum absolute atomic E-state index is 12.5. The van der Waals surface area contributed by atoms with Crippen LogP contribution >= 0.6 is 0 Å². The lowest BCUT2D eigenvalue weighted by Gasteiger charge is -2.19. The van der Waals surface area contributed by atoms with Gasteiger partial charge in [0.15, 0.2) is 13.2 Å². The highest BCUT2D eigenvalue weighted by Crippen LogP contribution is 2.30. The van der Waals surface area contributed by atoms with Crippen molar-refractivity contribution < 1.29 is 40.6 Å². The Hall–Kier alpha value is -2.98. The Kier molecular flexibility index (Phi) is 7.16. The molecular formula is C19H18F6N2O3. The molecule has 1 heterocycles. The first-order chi connectivity index (χ1) is 13.8. The van der Waals surface area contributed by atoms with Crippen molar-refractivity contribution in [1.29, 1.82) is 0 Å². The number of carbonyl (C=O) groups is 1. The third-order valence-electron chi connectivity index (χ3n) is 3.76. The number of amides is 1. The van der Waals surface area contributed by atoms with Gasteiger partial charge in [0.25, 0.3) is 5.91 Å². The lowest BCUT2D eigenvalue weighted by molar-refractivity contribution is -0.153. The lowest BCUT2D eigenvalue weighted by atomic mass is 10.1. The highest BCUT2D eigenvalue weighted by molar-refractivity contribution is 5.78. The summed E-state index contributed by atoms with van der Waals surface area (Å²) in [4.78, 5) is 16.2. The van der Waals surface area contributed by atoms with Crippen LogP contribution in [0.4, 0.5) is 26.3 Å². The van der Waals surface area contributed by atoms with Crippen LogP contribution < -0.4 is 14.8 Å². The zero-order chi connectivity index (χ0) is 22.5. The van der Waals surface area contributed by atoms with Crippen molar-refractivity contribution in [2.75, 3.05) is 13.2 Å². The van der Waals surface area contributed by atoms with Crippen molar-refractivity contribution in [3.05, 3.63) is 53.3 Å². The summed E-state index contributed by atoms with van der Waals surface area (Å²) in [6, 6.07) is 5.77. The van der Waals surface area contributed by atoms with Crippen molar-refractivity contribution in [2.45, 2.75) is 32.2 Å². The Morgan fingerprint density at radius 2 is 1.67 bits per heavy atom. The lowest BCUT2D eigenvalue weighted by Crippen LogP contribution is -2.32. The number of halogens is 6. The van der Waals surface area contributed by atoms with E-state index in [4.69, 9.17) is 9.47 Å². The second-order valence-corrected chi connectivity index (χ2v) is 6.34. The number of nitrogens with zero attached hydrogens (tertiary/aromatic N) is 1. The van der Waals surface area contributed by atoms with Gasteiger partial charge in [0, 0.05) is 5.69 Å². The van der Waals surface area contributed by atoms with Gasteiger partial charge in [0.1, 0.15) is 17.2 Å². The molecule has 2 rings (SSSR count). The third-order valence-corrected chi connectivity index (χ3v) is 3.76. The number of benzene rings is 1. The fourth-order valence-electron chi connectivity index (χ4n) is 2.40.